The van der Waals surface area contributed by atoms with Crippen LogP contribution in [0.15, 0.2) is 9.59 Å². The zero-order valence-corrected chi connectivity index (χ0v) is 19.2. The minimum atomic E-state index is -0.690. The van der Waals surface area contributed by atoms with E-state index in [9.17, 15) is 19.2 Å². The van der Waals surface area contributed by atoms with Gasteiger partial charge in [0.15, 0.2) is 0 Å². The van der Waals surface area contributed by atoms with Crippen molar-refractivity contribution in [1.29, 1.82) is 0 Å². The molecule has 1 saturated carbocycles. The Labute approximate surface area is 187 Å². The predicted molar refractivity (Wildman–Crippen MR) is 123 cm³/mol. The van der Waals surface area contributed by atoms with E-state index in [1.54, 1.807) is 0 Å². The first-order chi connectivity index (χ1) is 15.3. The first kappa shape index (κ1) is 25.4. The Morgan fingerprint density at radius 3 is 2.66 bits per heavy atom. The number of hydrogen-bond donors (Lipinski definition) is 4. The zero-order valence-electron chi connectivity index (χ0n) is 19.2. The molecule has 32 heavy (non-hydrogen) atoms. The lowest BCUT2D eigenvalue weighted by molar-refractivity contribution is -0.118. The maximum atomic E-state index is 12.6. The Hall–Kier alpha value is -2.82. The van der Waals surface area contributed by atoms with Gasteiger partial charge in [0.05, 0.1) is 13.2 Å². The fourth-order valence-corrected chi connectivity index (χ4v) is 3.97. The van der Waals surface area contributed by atoms with Crippen molar-refractivity contribution < 1.29 is 14.3 Å². The highest BCUT2D eigenvalue weighted by Crippen LogP contribution is 2.23. The number of aromatic nitrogens is 2. The maximum Gasteiger partial charge on any atom is 0.330 e. The monoisotopic (exact) mass is 452 g/mol. The summed E-state index contributed by atoms with van der Waals surface area (Å²) in [4.78, 5) is 53.3. The number of H-pyrrole nitrogens is 1. The van der Waals surface area contributed by atoms with E-state index in [4.69, 9.17) is 10.5 Å². The van der Waals surface area contributed by atoms with Gasteiger partial charge in [0.2, 0.25) is 5.91 Å². The van der Waals surface area contributed by atoms with E-state index in [-0.39, 0.29) is 37.2 Å². The van der Waals surface area contributed by atoms with Crippen LogP contribution in [-0.2, 0) is 16.1 Å². The fraction of sp³-hybridized carbons (Fsp3) is 0.714. The number of rotatable bonds is 10. The summed E-state index contributed by atoms with van der Waals surface area (Å²) in [5.41, 5.74) is 4.89. The number of unbranched alkanes of at least 4 members (excludes halogenated alkanes) is 1. The van der Waals surface area contributed by atoms with Gasteiger partial charge in [0.1, 0.15) is 11.5 Å². The van der Waals surface area contributed by atoms with E-state index in [2.05, 4.69) is 22.5 Å². The molecule has 1 aliphatic carbocycles. The van der Waals surface area contributed by atoms with E-state index in [1.165, 1.54) is 16.6 Å². The van der Waals surface area contributed by atoms with E-state index in [0.29, 0.717) is 18.9 Å². The molecule has 1 aromatic heterocycles. The summed E-state index contributed by atoms with van der Waals surface area (Å²) in [7, 11) is 1.49. The van der Waals surface area contributed by atoms with E-state index >= 15 is 0 Å². The fourth-order valence-electron chi connectivity index (χ4n) is 3.97. The smallest absolute Gasteiger partial charge is 0.330 e. The molecule has 11 nitrogen and oxygen atoms in total. The Morgan fingerprint density at radius 2 is 2.00 bits per heavy atom. The van der Waals surface area contributed by atoms with Gasteiger partial charge in [-0.25, -0.2) is 9.59 Å². The van der Waals surface area contributed by atoms with Crippen LogP contribution in [0.5, 0.6) is 0 Å². The third kappa shape index (κ3) is 6.84. The standard InChI is InChI=1S/C21H36N6O5/c1-4-5-10-27-18(22)17(19(29)25-21(27)31)26(11-12-32-3)13-16(28)24-20(30)23-15-9-7-6-8-14(15)2/h14-15H,4-13,22H2,1-3H3,(H,25,29,31)(H2,23,24,28,30). The SMILES string of the molecule is CCCCn1c(N)c(N(CCOC)CC(=O)NC(=O)NC2CCCCC2C)c(=O)[nH]c1=O. The first-order valence-electron chi connectivity index (χ1n) is 11.2. The summed E-state index contributed by atoms with van der Waals surface area (Å²) in [5, 5.41) is 5.20. The lowest BCUT2D eigenvalue weighted by Gasteiger charge is -2.29. The molecule has 1 fully saturated rings. The van der Waals surface area contributed by atoms with Crippen molar-refractivity contribution in [2.24, 2.45) is 5.92 Å². The molecule has 1 aliphatic rings. The Morgan fingerprint density at radius 1 is 1.28 bits per heavy atom. The lowest BCUT2D eigenvalue weighted by atomic mass is 9.86. The van der Waals surface area contributed by atoms with Crippen molar-refractivity contribution in [2.45, 2.75) is 65.0 Å². The van der Waals surface area contributed by atoms with Crippen LogP contribution in [0.1, 0.15) is 52.4 Å². The topological polar surface area (TPSA) is 152 Å². The van der Waals surface area contributed by atoms with Crippen LogP contribution in [0.2, 0.25) is 0 Å². The highest BCUT2D eigenvalue weighted by atomic mass is 16.5. The Balaban J connectivity index is 2.16. The number of amides is 3. The molecule has 2 atom stereocenters. The highest BCUT2D eigenvalue weighted by Gasteiger charge is 2.25. The average Bonchev–Trinajstić information content (AvgIpc) is 2.73. The van der Waals surface area contributed by atoms with Gasteiger partial charge in [-0.2, -0.15) is 0 Å². The zero-order chi connectivity index (χ0) is 23.7. The molecule has 0 saturated heterocycles. The minimum absolute atomic E-state index is 0.00853. The second-order valence-corrected chi connectivity index (χ2v) is 8.30. The number of nitrogens with two attached hydrogens (primary N) is 1. The molecule has 180 valence electrons. The number of imide groups is 1. The quantitative estimate of drug-likeness (QED) is 0.409. The number of hydrogen-bond acceptors (Lipinski definition) is 7. The second-order valence-electron chi connectivity index (χ2n) is 8.30. The van der Waals surface area contributed by atoms with Gasteiger partial charge in [0, 0.05) is 26.2 Å². The van der Waals surface area contributed by atoms with Gasteiger partial charge in [-0.15, -0.1) is 0 Å². The van der Waals surface area contributed by atoms with Crippen molar-refractivity contribution in [2.75, 3.05) is 37.4 Å². The molecular weight excluding hydrogens is 416 g/mol. The summed E-state index contributed by atoms with van der Waals surface area (Å²) in [6.07, 6.45) is 5.65. The van der Waals surface area contributed by atoms with Crippen LogP contribution in [0, 0.1) is 5.92 Å². The van der Waals surface area contributed by atoms with Crippen molar-refractivity contribution >= 4 is 23.4 Å². The van der Waals surface area contributed by atoms with Gasteiger partial charge in [0.25, 0.3) is 5.56 Å². The van der Waals surface area contributed by atoms with Crippen LogP contribution in [0.3, 0.4) is 0 Å². The molecule has 1 heterocycles. The average molecular weight is 453 g/mol. The Bertz CT molecular complexity index is 896. The number of carbonyl (C=O) groups is 2. The van der Waals surface area contributed by atoms with Crippen molar-refractivity contribution in [1.82, 2.24) is 20.2 Å². The first-order valence-corrected chi connectivity index (χ1v) is 11.2. The molecule has 3 amide bonds. The molecule has 1 aromatic rings. The highest BCUT2D eigenvalue weighted by molar-refractivity contribution is 5.96. The minimum Gasteiger partial charge on any atom is -0.383 e. The number of nitrogens with one attached hydrogen (secondary N) is 3. The normalized spacial score (nSPS) is 18.2. The largest absolute Gasteiger partial charge is 0.383 e. The van der Waals surface area contributed by atoms with E-state index in [1.807, 2.05) is 6.92 Å². The van der Waals surface area contributed by atoms with Crippen molar-refractivity contribution in [3.63, 3.8) is 0 Å². The van der Waals surface area contributed by atoms with E-state index in [0.717, 1.165) is 32.1 Å². The third-order valence-electron chi connectivity index (χ3n) is 5.85. The van der Waals surface area contributed by atoms with Crippen molar-refractivity contribution in [3.05, 3.63) is 20.8 Å². The van der Waals surface area contributed by atoms with Crippen molar-refractivity contribution in [3.8, 4) is 0 Å². The van der Waals surface area contributed by atoms with Gasteiger partial charge in [-0.05, 0) is 25.2 Å². The summed E-state index contributed by atoms with van der Waals surface area (Å²) in [6.45, 7) is 4.49. The number of urea groups is 1. The molecule has 2 unspecified atom stereocenters. The van der Waals surface area contributed by atoms with Crippen LogP contribution >= 0.6 is 0 Å². The number of methoxy groups -OCH3 is 1. The molecule has 0 aromatic carbocycles. The molecule has 0 radical (unpaired) electrons. The van der Waals surface area contributed by atoms with Gasteiger partial charge in [-0.1, -0.05) is 33.1 Å². The third-order valence-corrected chi connectivity index (χ3v) is 5.85. The number of ether oxygens (including phenoxy) is 1. The predicted octanol–water partition coefficient (Wildman–Crippen LogP) is 0.776. The lowest BCUT2D eigenvalue weighted by Crippen LogP contribution is -2.51. The van der Waals surface area contributed by atoms with Crippen LogP contribution in [-0.4, -0.2) is 54.3 Å². The van der Waals surface area contributed by atoms with Crippen LogP contribution < -0.4 is 32.5 Å². The number of anilines is 2. The second kappa shape index (κ2) is 12.3. The van der Waals surface area contributed by atoms with Crippen LogP contribution in [0.25, 0.3) is 0 Å². The number of nitrogens with zero attached hydrogens (tertiary/aromatic N) is 2. The van der Waals surface area contributed by atoms with Crippen LogP contribution in [0.4, 0.5) is 16.3 Å². The summed E-state index contributed by atoms with van der Waals surface area (Å²) in [5.74, 6) is -0.255. The van der Waals surface area contributed by atoms with Gasteiger partial charge < -0.3 is 20.7 Å². The molecule has 5 N–H and O–H groups in total. The number of carbonyl (C=O) groups excluding carboxylic acids is 2. The van der Waals surface area contributed by atoms with Gasteiger partial charge in [-0.3, -0.25) is 24.5 Å². The summed E-state index contributed by atoms with van der Waals surface area (Å²) >= 11 is 0. The molecular formula is C21H36N6O5. The molecule has 0 bridgehead atoms. The Kier molecular flexibility index (Phi) is 9.76. The molecule has 2 rings (SSSR count). The number of aromatic amines is 1. The molecule has 0 aliphatic heterocycles. The maximum absolute atomic E-state index is 12.6. The number of nitrogen functional groups attached to an aromatic ring is 1. The van der Waals surface area contributed by atoms with E-state index < -0.39 is 23.2 Å². The summed E-state index contributed by atoms with van der Waals surface area (Å²) < 4.78 is 6.38. The molecule has 11 heteroatoms. The summed E-state index contributed by atoms with van der Waals surface area (Å²) in [6, 6.07) is -0.531. The van der Waals surface area contributed by atoms with Gasteiger partial charge >= 0.3 is 11.7 Å². The molecule has 0 spiro atoms.